The van der Waals surface area contributed by atoms with E-state index in [-0.39, 0.29) is 5.56 Å². The molecule has 0 saturated heterocycles. The summed E-state index contributed by atoms with van der Waals surface area (Å²) in [6, 6.07) is 11.3. The normalized spacial score (nSPS) is 10.9. The number of hydrogen-bond donors (Lipinski definition) is 2. The van der Waals surface area contributed by atoms with Gasteiger partial charge in [0.2, 0.25) is 0 Å². The van der Waals surface area contributed by atoms with Crippen LogP contribution in [-0.2, 0) is 0 Å². The van der Waals surface area contributed by atoms with Gasteiger partial charge in [0.05, 0.1) is 5.69 Å². The van der Waals surface area contributed by atoms with E-state index in [2.05, 4.69) is 4.72 Å². The maximum atomic E-state index is 13.4. The molecule has 0 heterocycles. The Bertz CT molecular complexity index is 598. The molecule has 2 aromatic carbocycles. The van der Waals surface area contributed by atoms with Gasteiger partial charge in [-0.05, 0) is 59.6 Å². The first-order valence-electron chi connectivity index (χ1n) is 5.70. The SMILES string of the molecule is NSc1ccccc1NS/C=C/c1c(F)cccc1F. The third kappa shape index (κ3) is 3.75. The van der Waals surface area contributed by atoms with Crippen LogP contribution in [-0.4, -0.2) is 0 Å². The van der Waals surface area contributed by atoms with Crippen LogP contribution in [0.5, 0.6) is 0 Å². The number of para-hydroxylation sites is 1. The number of benzene rings is 2. The molecule has 2 rings (SSSR count). The lowest BCUT2D eigenvalue weighted by molar-refractivity contribution is 0.579. The van der Waals surface area contributed by atoms with Crippen LogP contribution in [0.2, 0.25) is 0 Å². The maximum Gasteiger partial charge on any atom is 0.133 e. The third-order valence-electron chi connectivity index (χ3n) is 2.49. The number of hydrogen-bond acceptors (Lipinski definition) is 4. The molecule has 0 bridgehead atoms. The monoisotopic (exact) mass is 310 g/mol. The van der Waals surface area contributed by atoms with E-state index in [4.69, 9.17) is 5.14 Å². The molecule has 0 aliphatic carbocycles. The van der Waals surface area contributed by atoms with Crippen molar-refractivity contribution in [3.8, 4) is 0 Å². The van der Waals surface area contributed by atoms with Crippen LogP contribution in [0.15, 0.2) is 52.8 Å². The lowest BCUT2D eigenvalue weighted by Gasteiger charge is -2.06. The van der Waals surface area contributed by atoms with E-state index >= 15 is 0 Å². The smallest absolute Gasteiger partial charge is 0.133 e. The van der Waals surface area contributed by atoms with Crippen molar-refractivity contribution in [1.29, 1.82) is 0 Å². The molecule has 0 amide bonds. The molecule has 20 heavy (non-hydrogen) atoms. The Morgan fingerprint density at radius 1 is 1.00 bits per heavy atom. The third-order valence-corrected chi connectivity index (χ3v) is 3.71. The maximum absolute atomic E-state index is 13.4. The molecule has 0 aromatic heterocycles. The van der Waals surface area contributed by atoms with Crippen LogP contribution in [0.3, 0.4) is 0 Å². The minimum absolute atomic E-state index is 0.0525. The number of rotatable bonds is 5. The first kappa shape index (κ1) is 14.9. The van der Waals surface area contributed by atoms with Gasteiger partial charge in [-0.15, -0.1) is 0 Å². The molecule has 0 saturated carbocycles. The van der Waals surface area contributed by atoms with Crippen molar-refractivity contribution in [3.05, 3.63) is 65.1 Å². The van der Waals surface area contributed by atoms with E-state index < -0.39 is 11.6 Å². The largest absolute Gasteiger partial charge is 0.325 e. The van der Waals surface area contributed by atoms with Crippen LogP contribution in [0.1, 0.15) is 5.56 Å². The quantitative estimate of drug-likeness (QED) is 0.788. The molecule has 0 aliphatic heterocycles. The summed E-state index contributed by atoms with van der Waals surface area (Å²) in [5.41, 5.74) is 0.798. The first-order chi connectivity index (χ1) is 9.72. The Hall–Kier alpha value is -1.50. The van der Waals surface area contributed by atoms with Crippen molar-refractivity contribution >= 4 is 35.7 Å². The predicted octanol–water partition coefficient (Wildman–Crippen LogP) is 4.66. The molecule has 0 unspecified atom stereocenters. The van der Waals surface area contributed by atoms with Crippen molar-refractivity contribution in [2.24, 2.45) is 5.14 Å². The van der Waals surface area contributed by atoms with Crippen LogP contribution in [0, 0.1) is 11.6 Å². The fourth-order valence-corrected chi connectivity index (χ4v) is 2.57. The second-order valence-electron chi connectivity index (χ2n) is 3.77. The molecule has 2 aromatic rings. The van der Waals surface area contributed by atoms with E-state index in [9.17, 15) is 8.78 Å². The first-order valence-corrected chi connectivity index (χ1v) is 7.46. The zero-order valence-electron chi connectivity index (χ0n) is 10.3. The molecule has 2 nitrogen and oxygen atoms in total. The molecular weight excluding hydrogens is 298 g/mol. The number of nitrogens with one attached hydrogen (secondary N) is 1. The second kappa shape index (κ2) is 7.33. The van der Waals surface area contributed by atoms with Gasteiger partial charge in [0, 0.05) is 10.5 Å². The molecule has 0 fully saturated rings. The Morgan fingerprint density at radius 3 is 2.40 bits per heavy atom. The lowest BCUT2D eigenvalue weighted by atomic mass is 10.2. The zero-order chi connectivity index (χ0) is 14.4. The van der Waals surface area contributed by atoms with Crippen molar-refractivity contribution in [3.63, 3.8) is 0 Å². The van der Waals surface area contributed by atoms with Gasteiger partial charge in [-0.1, -0.05) is 18.2 Å². The van der Waals surface area contributed by atoms with Gasteiger partial charge in [-0.2, -0.15) is 0 Å². The molecule has 3 N–H and O–H groups in total. The van der Waals surface area contributed by atoms with Gasteiger partial charge in [-0.3, -0.25) is 5.14 Å². The summed E-state index contributed by atoms with van der Waals surface area (Å²) in [6.45, 7) is 0. The number of anilines is 1. The van der Waals surface area contributed by atoms with Crippen molar-refractivity contribution in [2.45, 2.75) is 4.90 Å². The van der Waals surface area contributed by atoms with Gasteiger partial charge >= 0.3 is 0 Å². The standard InChI is InChI=1S/C14H12F2N2S2/c15-11-4-3-5-12(16)10(11)8-9-19-18-13-6-1-2-7-14(13)20-17/h1-9,18H,17H2/b9-8+. The number of halogens is 2. The van der Waals surface area contributed by atoms with E-state index in [1.54, 1.807) is 5.41 Å². The highest BCUT2D eigenvalue weighted by molar-refractivity contribution is 8.03. The highest BCUT2D eigenvalue weighted by Crippen LogP contribution is 2.26. The van der Waals surface area contributed by atoms with Gasteiger partial charge in [0.15, 0.2) is 0 Å². The minimum atomic E-state index is -0.584. The zero-order valence-corrected chi connectivity index (χ0v) is 12.0. The van der Waals surface area contributed by atoms with Gasteiger partial charge in [-0.25, -0.2) is 8.78 Å². The Morgan fingerprint density at radius 2 is 1.70 bits per heavy atom. The van der Waals surface area contributed by atoms with E-state index in [0.29, 0.717) is 0 Å². The van der Waals surface area contributed by atoms with E-state index in [1.165, 1.54) is 36.2 Å². The Balaban J connectivity index is 2.01. The number of nitrogens with two attached hydrogens (primary N) is 1. The highest BCUT2D eigenvalue weighted by atomic mass is 32.2. The molecular formula is C14H12F2N2S2. The van der Waals surface area contributed by atoms with Crippen molar-refractivity contribution in [2.75, 3.05) is 4.72 Å². The summed E-state index contributed by atoms with van der Waals surface area (Å²) in [4.78, 5) is 0.894. The lowest BCUT2D eigenvalue weighted by Crippen LogP contribution is -1.90. The van der Waals surface area contributed by atoms with Crippen molar-refractivity contribution < 1.29 is 8.78 Å². The summed E-state index contributed by atoms with van der Waals surface area (Å²) >= 11 is 2.35. The average Bonchev–Trinajstić information content (AvgIpc) is 2.46. The Labute approximate surface area is 124 Å². The van der Waals surface area contributed by atoms with Gasteiger partial charge in [0.25, 0.3) is 0 Å². The molecule has 6 heteroatoms. The molecule has 0 spiro atoms. The van der Waals surface area contributed by atoms with E-state index in [0.717, 1.165) is 22.5 Å². The highest BCUT2D eigenvalue weighted by Gasteiger charge is 2.04. The van der Waals surface area contributed by atoms with Crippen LogP contribution in [0.4, 0.5) is 14.5 Å². The van der Waals surface area contributed by atoms with Gasteiger partial charge < -0.3 is 4.72 Å². The summed E-state index contributed by atoms with van der Waals surface area (Å²) in [5, 5.41) is 7.12. The average molecular weight is 310 g/mol. The summed E-state index contributed by atoms with van der Waals surface area (Å²) in [6.07, 6.45) is 1.39. The molecule has 0 atom stereocenters. The summed E-state index contributed by atoms with van der Waals surface area (Å²) in [5.74, 6) is -1.17. The van der Waals surface area contributed by atoms with Crippen LogP contribution >= 0.6 is 23.9 Å². The van der Waals surface area contributed by atoms with Crippen molar-refractivity contribution in [1.82, 2.24) is 0 Å². The Kier molecular flexibility index (Phi) is 5.46. The van der Waals surface area contributed by atoms with E-state index in [1.807, 2.05) is 24.3 Å². The fourth-order valence-electron chi connectivity index (χ4n) is 1.52. The molecule has 0 radical (unpaired) electrons. The minimum Gasteiger partial charge on any atom is -0.325 e. The molecule has 0 aliphatic rings. The van der Waals surface area contributed by atoms with Gasteiger partial charge in [0.1, 0.15) is 11.6 Å². The molecule has 104 valence electrons. The van der Waals surface area contributed by atoms with Crippen LogP contribution < -0.4 is 9.86 Å². The fraction of sp³-hybridized carbons (Fsp3) is 0. The summed E-state index contributed by atoms with van der Waals surface area (Å²) in [7, 11) is 0. The van der Waals surface area contributed by atoms with Crippen LogP contribution in [0.25, 0.3) is 6.08 Å². The predicted molar refractivity (Wildman–Crippen MR) is 83.1 cm³/mol. The second-order valence-corrected chi connectivity index (χ2v) is 5.16. The summed E-state index contributed by atoms with van der Waals surface area (Å²) < 4.78 is 29.8. The topological polar surface area (TPSA) is 38.0 Å².